The standard InChI is InChI=1S/C6H12O4S/c1-2-3(7)4(8)5(9)6(11)10-2/h2-9,11H,1H3/t2-,3+,4+,5-,6?/m0/s1. The Morgan fingerprint density at radius 1 is 1.09 bits per heavy atom. The molecule has 1 aliphatic heterocycles. The van der Waals surface area contributed by atoms with Crippen molar-refractivity contribution in [3.63, 3.8) is 0 Å². The molecule has 1 fully saturated rings. The molecule has 0 amide bonds. The third kappa shape index (κ3) is 1.68. The van der Waals surface area contributed by atoms with Crippen molar-refractivity contribution in [2.45, 2.75) is 36.8 Å². The van der Waals surface area contributed by atoms with E-state index < -0.39 is 29.9 Å². The Bertz CT molecular complexity index is 129. The molecular formula is C6H12O4S. The second-order valence-corrected chi connectivity index (χ2v) is 3.21. The van der Waals surface area contributed by atoms with Gasteiger partial charge in [0.1, 0.15) is 23.7 Å². The van der Waals surface area contributed by atoms with E-state index >= 15 is 0 Å². The first-order valence-electron chi connectivity index (χ1n) is 3.41. The first-order chi connectivity index (χ1) is 5.04. The molecule has 1 heterocycles. The van der Waals surface area contributed by atoms with E-state index in [1.54, 1.807) is 6.92 Å². The summed E-state index contributed by atoms with van der Waals surface area (Å²) in [6, 6.07) is 0. The van der Waals surface area contributed by atoms with Gasteiger partial charge in [-0.15, -0.1) is 12.6 Å². The van der Waals surface area contributed by atoms with Crippen molar-refractivity contribution in [3.8, 4) is 0 Å². The Labute approximate surface area is 70.2 Å². The number of hydrogen-bond acceptors (Lipinski definition) is 5. The van der Waals surface area contributed by atoms with Crippen LogP contribution in [-0.4, -0.2) is 45.2 Å². The van der Waals surface area contributed by atoms with Crippen LogP contribution in [-0.2, 0) is 4.74 Å². The topological polar surface area (TPSA) is 69.9 Å². The molecule has 1 unspecified atom stereocenters. The van der Waals surface area contributed by atoms with Crippen LogP contribution in [0.15, 0.2) is 0 Å². The lowest BCUT2D eigenvalue weighted by Gasteiger charge is -2.37. The summed E-state index contributed by atoms with van der Waals surface area (Å²) < 4.78 is 4.99. The highest BCUT2D eigenvalue weighted by molar-refractivity contribution is 7.80. The summed E-state index contributed by atoms with van der Waals surface area (Å²) in [7, 11) is 0. The second-order valence-electron chi connectivity index (χ2n) is 2.70. The Balaban J connectivity index is 2.63. The molecule has 0 aromatic carbocycles. The van der Waals surface area contributed by atoms with E-state index in [-0.39, 0.29) is 0 Å². The summed E-state index contributed by atoms with van der Waals surface area (Å²) in [5.74, 6) is 0. The van der Waals surface area contributed by atoms with E-state index in [1.807, 2.05) is 0 Å². The summed E-state index contributed by atoms with van der Waals surface area (Å²) in [4.78, 5) is 0. The maximum Gasteiger partial charge on any atom is 0.129 e. The summed E-state index contributed by atoms with van der Waals surface area (Å²) >= 11 is 3.87. The van der Waals surface area contributed by atoms with Gasteiger partial charge in [0.2, 0.25) is 0 Å². The molecule has 11 heavy (non-hydrogen) atoms. The van der Waals surface area contributed by atoms with Crippen molar-refractivity contribution < 1.29 is 20.1 Å². The monoisotopic (exact) mass is 180 g/mol. The van der Waals surface area contributed by atoms with E-state index in [4.69, 9.17) is 20.1 Å². The molecule has 3 N–H and O–H groups in total. The maximum absolute atomic E-state index is 9.17. The number of aliphatic hydroxyl groups excluding tert-OH is 3. The molecule has 4 nitrogen and oxygen atoms in total. The van der Waals surface area contributed by atoms with Gasteiger partial charge in [-0.1, -0.05) is 0 Å². The van der Waals surface area contributed by atoms with Gasteiger partial charge in [-0.05, 0) is 6.92 Å². The van der Waals surface area contributed by atoms with E-state index in [2.05, 4.69) is 12.6 Å². The van der Waals surface area contributed by atoms with Gasteiger partial charge in [0.25, 0.3) is 0 Å². The van der Waals surface area contributed by atoms with E-state index in [0.717, 1.165) is 0 Å². The van der Waals surface area contributed by atoms with Crippen molar-refractivity contribution in [1.82, 2.24) is 0 Å². The van der Waals surface area contributed by atoms with E-state index in [9.17, 15) is 0 Å². The smallest absolute Gasteiger partial charge is 0.129 e. The summed E-state index contributed by atoms with van der Waals surface area (Å²) in [5, 5.41) is 27.4. The van der Waals surface area contributed by atoms with Gasteiger partial charge in [0, 0.05) is 0 Å². The molecule has 0 radical (unpaired) electrons. The van der Waals surface area contributed by atoms with Gasteiger partial charge in [-0.2, -0.15) is 0 Å². The summed E-state index contributed by atoms with van der Waals surface area (Å²) in [6.45, 7) is 1.61. The first kappa shape index (κ1) is 9.28. The summed E-state index contributed by atoms with van der Waals surface area (Å²) in [5.41, 5.74) is -0.719. The maximum atomic E-state index is 9.17. The molecule has 1 aliphatic rings. The lowest BCUT2D eigenvalue weighted by atomic mass is 10.0. The minimum atomic E-state index is -1.17. The van der Waals surface area contributed by atoms with E-state index in [1.165, 1.54) is 0 Å². The van der Waals surface area contributed by atoms with Crippen LogP contribution >= 0.6 is 12.6 Å². The van der Waals surface area contributed by atoms with Crippen molar-refractivity contribution in [2.24, 2.45) is 0 Å². The van der Waals surface area contributed by atoms with Crippen molar-refractivity contribution in [1.29, 1.82) is 0 Å². The number of rotatable bonds is 0. The SMILES string of the molecule is C[C@@H]1OC(S)[C@@H](O)[C@H](O)[C@@H]1O. The number of hydrogen-bond donors (Lipinski definition) is 4. The van der Waals surface area contributed by atoms with Crippen LogP contribution < -0.4 is 0 Å². The predicted molar refractivity (Wildman–Crippen MR) is 41.3 cm³/mol. The molecule has 0 aliphatic carbocycles. The van der Waals surface area contributed by atoms with Gasteiger partial charge in [-0.3, -0.25) is 0 Å². The Morgan fingerprint density at radius 2 is 1.64 bits per heavy atom. The summed E-state index contributed by atoms with van der Waals surface area (Å²) in [6.07, 6.45) is -3.81. The fraction of sp³-hybridized carbons (Fsp3) is 1.00. The molecule has 0 aromatic heterocycles. The molecule has 0 aromatic rings. The highest BCUT2D eigenvalue weighted by Gasteiger charge is 2.39. The lowest BCUT2D eigenvalue weighted by molar-refractivity contribution is -0.191. The van der Waals surface area contributed by atoms with Crippen LogP contribution in [0.25, 0.3) is 0 Å². The number of ether oxygens (including phenoxy) is 1. The van der Waals surface area contributed by atoms with Gasteiger partial charge >= 0.3 is 0 Å². The molecule has 5 heteroatoms. The molecule has 5 atom stereocenters. The highest BCUT2D eigenvalue weighted by atomic mass is 32.1. The van der Waals surface area contributed by atoms with Crippen LogP contribution in [0.5, 0.6) is 0 Å². The third-order valence-electron chi connectivity index (χ3n) is 1.83. The van der Waals surface area contributed by atoms with Crippen molar-refractivity contribution in [2.75, 3.05) is 0 Å². The average molecular weight is 180 g/mol. The van der Waals surface area contributed by atoms with Crippen molar-refractivity contribution in [3.05, 3.63) is 0 Å². The normalized spacial score (nSPS) is 52.6. The van der Waals surface area contributed by atoms with Crippen molar-refractivity contribution >= 4 is 12.6 Å². The quantitative estimate of drug-likeness (QED) is 0.351. The third-order valence-corrected chi connectivity index (χ3v) is 2.25. The average Bonchev–Trinajstić information content (AvgIpc) is 1.97. The van der Waals surface area contributed by atoms with Gasteiger partial charge in [0.15, 0.2) is 0 Å². The molecule has 0 saturated carbocycles. The molecule has 0 spiro atoms. The van der Waals surface area contributed by atoms with Crippen LogP contribution in [0.2, 0.25) is 0 Å². The van der Waals surface area contributed by atoms with Crippen LogP contribution in [0.4, 0.5) is 0 Å². The van der Waals surface area contributed by atoms with Crippen LogP contribution in [0.3, 0.4) is 0 Å². The molecule has 1 rings (SSSR count). The Hall–Kier alpha value is 0.190. The highest BCUT2D eigenvalue weighted by Crippen LogP contribution is 2.22. The van der Waals surface area contributed by atoms with Crippen LogP contribution in [0, 0.1) is 0 Å². The molecule has 1 saturated heterocycles. The zero-order chi connectivity index (χ0) is 8.59. The Morgan fingerprint density at radius 3 is 2.18 bits per heavy atom. The zero-order valence-corrected chi connectivity index (χ0v) is 6.98. The fourth-order valence-corrected chi connectivity index (χ4v) is 1.40. The number of thiol groups is 1. The van der Waals surface area contributed by atoms with Gasteiger partial charge in [0.05, 0.1) is 6.10 Å². The van der Waals surface area contributed by atoms with Crippen LogP contribution in [0.1, 0.15) is 6.92 Å². The lowest BCUT2D eigenvalue weighted by Crippen LogP contribution is -2.54. The molecule has 66 valence electrons. The van der Waals surface area contributed by atoms with Gasteiger partial charge < -0.3 is 20.1 Å². The largest absolute Gasteiger partial charge is 0.388 e. The minimum Gasteiger partial charge on any atom is -0.388 e. The van der Waals surface area contributed by atoms with Gasteiger partial charge in [-0.25, -0.2) is 0 Å². The number of aliphatic hydroxyl groups is 3. The Kier molecular flexibility index (Phi) is 2.77. The molecule has 0 bridgehead atoms. The zero-order valence-electron chi connectivity index (χ0n) is 6.08. The second kappa shape index (κ2) is 3.28. The van der Waals surface area contributed by atoms with E-state index in [0.29, 0.717) is 0 Å². The molecular weight excluding hydrogens is 168 g/mol. The predicted octanol–water partition coefficient (Wildman–Crippen LogP) is -1.26. The first-order valence-corrected chi connectivity index (χ1v) is 3.93. The fourth-order valence-electron chi connectivity index (χ4n) is 1.03. The minimum absolute atomic E-state index is 0.490.